The van der Waals surface area contributed by atoms with Crippen LogP contribution in [0.1, 0.15) is 28.8 Å². The Bertz CT molecular complexity index is 1370. The van der Waals surface area contributed by atoms with Crippen molar-refractivity contribution < 1.29 is 13.9 Å². The zero-order chi connectivity index (χ0) is 23.5. The Morgan fingerprint density at radius 2 is 1.88 bits per heavy atom. The standard InChI is InChI=1S/C26H24FN5O2/c27-21-8-7-17-13-16(21)15-34-12-4-3-10-29-25(33)20-14-22(28)24(19-6-2-1-5-18(19)20)23-9-11-30-26(31-17)32-23/h1-2,5-9,11,13-14H,3-4,10,12,15,28H2,(H,29,33)(H,30,31,32). The van der Waals surface area contributed by atoms with Crippen LogP contribution in [0.2, 0.25) is 0 Å². The van der Waals surface area contributed by atoms with Crippen LogP contribution in [-0.2, 0) is 11.3 Å². The molecule has 0 aliphatic carbocycles. The van der Waals surface area contributed by atoms with Gasteiger partial charge in [0.2, 0.25) is 5.95 Å². The first-order chi connectivity index (χ1) is 16.6. The zero-order valence-electron chi connectivity index (χ0n) is 18.5. The molecule has 4 N–H and O–H groups in total. The van der Waals surface area contributed by atoms with Gasteiger partial charge in [-0.1, -0.05) is 24.3 Å². The molecule has 34 heavy (non-hydrogen) atoms. The first kappa shape index (κ1) is 21.8. The Kier molecular flexibility index (Phi) is 6.05. The molecule has 1 amide bonds. The molecule has 0 spiro atoms. The van der Waals surface area contributed by atoms with Gasteiger partial charge in [-0.2, -0.15) is 0 Å². The van der Waals surface area contributed by atoms with Crippen LogP contribution in [0.4, 0.5) is 21.7 Å². The minimum Gasteiger partial charge on any atom is -0.398 e. The quantitative estimate of drug-likeness (QED) is 0.328. The van der Waals surface area contributed by atoms with Crippen molar-refractivity contribution in [1.29, 1.82) is 0 Å². The van der Waals surface area contributed by atoms with Crippen LogP contribution in [-0.4, -0.2) is 29.0 Å². The van der Waals surface area contributed by atoms with Gasteiger partial charge in [-0.15, -0.1) is 0 Å². The molecule has 0 unspecified atom stereocenters. The van der Waals surface area contributed by atoms with Crippen LogP contribution in [0, 0.1) is 5.82 Å². The number of nitrogen functional groups attached to an aromatic ring is 1. The summed E-state index contributed by atoms with van der Waals surface area (Å²) in [7, 11) is 0. The van der Waals surface area contributed by atoms with Gasteiger partial charge in [0.15, 0.2) is 0 Å². The molecule has 3 aromatic carbocycles. The fourth-order valence-electron chi connectivity index (χ4n) is 4.13. The number of carbonyl (C=O) groups excluding carboxylic acids is 1. The van der Waals surface area contributed by atoms with E-state index in [4.69, 9.17) is 10.5 Å². The molecule has 6 rings (SSSR count). The van der Waals surface area contributed by atoms with E-state index in [1.54, 1.807) is 30.5 Å². The van der Waals surface area contributed by atoms with Crippen molar-refractivity contribution in [2.75, 3.05) is 24.2 Å². The number of carbonyl (C=O) groups is 1. The van der Waals surface area contributed by atoms with Crippen LogP contribution >= 0.6 is 0 Å². The lowest BCUT2D eigenvalue weighted by Crippen LogP contribution is -2.25. The maximum atomic E-state index is 14.3. The molecule has 7 nitrogen and oxygen atoms in total. The second kappa shape index (κ2) is 9.44. The smallest absolute Gasteiger partial charge is 0.251 e. The highest BCUT2D eigenvalue weighted by atomic mass is 19.1. The van der Waals surface area contributed by atoms with Crippen LogP contribution in [0.25, 0.3) is 22.0 Å². The highest BCUT2D eigenvalue weighted by molar-refractivity contribution is 6.13. The van der Waals surface area contributed by atoms with Gasteiger partial charge in [0.05, 0.1) is 12.3 Å². The fraction of sp³-hybridized carbons (Fsp3) is 0.192. The lowest BCUT2D eigenvalue weighted by atomic mass is 9.95. The molecule has 0 saturated heterocycles. The Hall–Kier alpha value is -4.04. The second-order valence-corrected chi connectivity index (χ2v) is 8.15. The number of amides is 1. The number of ether oxygens (including phenoxy) is 1. The van der Waals surface area contributed by atoms with Crippen LogP contribution in [0.3, 0.4) is 0 Å². The molecule has 6 bridgehead atoms. The van der Waals surface area contributed by atoms with Gasteiger partial charge in [-0.25, -0.2) is 14.4 Å². The van der Waals surface area contributed by atoms with Crippen molar-refractivity contribution in [2.45, 2.75) is 19.4 Å². The predicted molar refractivity (Wildman–Crippen MR) is 130 cm³/mol. The number of anilines is 3. The van der Waals surface area contributed by atoms with Crippen molar-refractivity contribution in [3.05, 3.63) is 77.7 Å². The normalized spacial score (nSPS) is 14.6. The number of halogens is 1. The summed E-state index contributed by atoms with van der Waals surface area (Å²) in [6.45, 7) is 1.12. The van der Waals surface area contributed by atoms with Crippen LogP contribution in [0.5, 0.6) is 0 Å². The SMILES string of the molecule is Nc1cc2c3ccccc3c1-c1ccnc(n1)Nc1ccc(F)c(c1)COCCCCNC2=O. The van der Waals surface area contributed by atoms with Gasteiger partial charge in [0.25, 0.3) is 5.91 Å². The lowest BCUT2D eigenvalue weighted by Gasteiger charge is -2.15. The molecule has 2 aliphatic rings. The third-order valence-corrected chi connectivity index (χ3v) is 5.79. The predicted octanol–water partition coefficient (Wildman–Crippen LogP) is 4.80. The molecular weight excluding hydrogens is 433 g/mol. The second-order valence-electron chi connectivity index (χ2n) is 8.15. The molecule has 4 aromatic rings. The number of nitrogens with one attached hydrogen (secondary N) is 2. The number of benzene rings is 3. The van der Waals surface area contributed by atoms with Crippen molar-refractivity contribution in [3.8, 4) is 11.3 Å². The van der Waals surface area contributed by atoms with Gasteiger partial charge < -0.3 is 21.1 Å². The molecular formula is C26H24FN5O2. The van der Waals surface area contributed by atoms with Gasteiger partial charge in [0, 0.05) is 47.4 Å². The fourth-order valence-corrected chi connectivity index (χ4v) is 4.13. The van der Waals surface area contributed by atoms with E-state index >= 15 is 0 Å². The minimum absolute atomic E-state index is 0.153. The molecule has 2 aliphatic heterocycles. The van der Waals surface area contributed by atoms with E-state index in [1.165, 1.54) is 6.07 Å². The van der Waals surface area contributed by atoms with Crippen molar-refractivity contribution >= 4 is 34.0 Å². The Balaban J connectivity index is 1.63. The average Bonchev–Trinajstić information content (AvgIpc) is 2.84. The highest BCUT2D eigenvalue weighted by Crippen LogP contribution is 2.35. The summed E-state index contributed by atoms with van der Waals surface area (Å²) in [5.41, 5.74) is 9.86. The minimum atomic E-state index is -0.336. The van der Waals surface area contributed by atoms with Crippen molar-refractivity contribution in [3.63, 3.8) is 0 Å². The molecule has 0 atom stereocenters. The highest BCUT2D eigenvalue weighted by Gasteiger charge is 2.18. The first-order valence-corrected chi connectivity index (χ1v) is 11.2. The third-order valence-electron chi connectivity index (χ3n) is 5.79. The Morgan fingerprint density at radius 1 is 1.03 bits per heavy atom. The molecule has 3 heterocycles. The van der Waals surface area contributed by atoms with E-state index in [2.05, 4.69) is 20.6 Å². The number of aromatic nitrogens is 2. The van der Waals surface area contributed by atoms with Crippen LogP contribution < -0.4 is 16.4 Å². The molecule has 0 radical (unpaired) electrons. The number of nitrogens with two attached hydrogens (primary N) is 1. The summed E-state index contributed by atoms with van der Waals surface area (Å²) in [6, 6.07) is 15.8. The largest absolute Gasteiger partial charge is 0.398 e. The number of fused-ring (bicyclic) bond motifs is 8. The van der Waals surface area contributed by atoms with E-state index in [-0.39, 0.29) is 18.3 Å². The Labute approximate surface area is 196 Å². The topological polar surface area (TPSA) is 102 Å². The number of hydrogen-bond donors (Lipinski definition) is 3. The number of nitrogens with zero attached hydrogens (tertiary/aromatic N) is 2. The number of rotatable bonds is 0. The van der Waals surface area contributed by atoms with Gasteiger partial charge in [-0.3, -0.25) is 4.79 Å². The first-order valence-electron chi connectivity index (χ1n) is 11.2. The van der Waals surface area contributed by atoms with Gasteiger partial charge in [0.1, 0.15) is 5.82 Å². The summed E-state index contributed by atoms with van der Waals surface area (Å²) >= 11 is 0. The van der Waals surface area contributed by atoms with E-state index in [9.17, 15) is 9.18 Å². The monoisotopic (exact) mass is 457 g/mol. The summed E-state index contributed by atoms with van der Waals surface area (Å²) in [5.74, 6) is -0.173. The van der Waals surface area contributed by atoms with Crippen LogP contribution in [0.15, 0.2) is 60.8 Å². The van der Waals surface area contributed by atoms with Crippen molar-refractivity contribution in [2.24, 2.45) is 0 Å². The molecule has 1 aromatic heterocycles. The lowest BCUT2D eigenvalue weighted by molar-refractivity contribution is 0.0946. The maximum Gasteiger partial charge on any atom is 0.251 e. The molecule has 0 fully saturated rings. The summed E-state index contributed by atoms with van der Waals surface area (Å²) < 4.78 is 19.9. The Morgan fingerprint density at radius 3 is 2.76 bits per heavy atom. The van der Waals surface area contributed by atoms with E-state index < -0.39 is 0 Å². The number of hydrogen-bond acceptors (Lipinski definition) is 6. The van der Waals surface area contributed by atoms with E-state index in [0.29, 0.717) is 47.3 Å². The van der Waals surface area contributed by atoms with E-state index in [0.717, 1.165) is 29.2 Å². The maximum absolute atomic E-state index is 14.3. The van der Waals surface area contributed by atoms with Gasteiger partial charge in [-0.05, 0) is 53.9 Å². The third kappa shape index (κ3) is 4.40. The molecule has 0 saturated carbocycles. The van der Waals surface area contributed by atoms with Gasteiger partial charge >= 0.3 is 0 Å². The molecule has 172 valence electrons. The molecule has 8 heteroatoms. The van der Waals surface area contributed by atoms with Crippen molar-refractivity contribution in [1.82, 2.24) is 15.3 Å². The van der Waals surface area contributed by atoms with E-state index in [1.807, 2.05) is 24.3 Å². The zero-order valence-corrected chi connectivity index (χ0v) is 18.5. The summed E-state index contributed by atoms with van der Waals surface area (Å²) in [5, 5.41) is 7.73. The summed E-state index contributed by atoms with van der Waals surface area (Å²) in [4.78, 5) is 21.9. The summed E-state index contributed by atoms with van der Waals surface area (Å²) in [6.07, 6.45) is 3.11. The average molecular weight is 458 g/mol.